The maximum absolute atomic E-state index is 11.8. The van der Waals surface area contributed by atoms with Gasteiger partial charge in [0.05, 0.1) is 0 Å². The van der Waals surface area contributed by atoms with Crippen molar-refractivity contribution in [3.63, 3.8) is 0 Å². The van der Waals surface area contributed by atoms with Gasteiger partial charge in [-0.3, -0.25) is 9.59 Å². The number of aryl methyl sites for hydroxylation is 2. The monoisotopic (exact) mass is 501 g/mol. The molecule has 0 bridgehead atoms. The third-order valence-electron chi connectivity index (χ3n) is 5.58. The lowest BCUT2D eigenvalue weighted by atomic mass is 9.99. The number of hydrogen-bond acceptors (Lipinski definition) is 8. The minimum Gasteiger partial charge on any atom is -0.488 e. The predicted octanol–water partition coefficient (Wildman–Crippen LogP) is 3.50. The summed E-state index contributed by atoms with van der Waals surface area (Å²) in [4.78, 5) is 22.9. The van der Waals surface area contributed by atoms with Crippen LogP contribution >= 0.6 is 0 Å². The van der Waals surface area contributed by atoms with E-state index >= 15 is 0 Å². The Labute approximate surface area is 216 Å². The van der Waals surface area contributed by atoms with Gasteiger partial charge >= 0.3 is 0 Å². The van der Waals surface area contributed by atoms with Crippen LogP contribution in [0.15, 0.2) is 24.3 Å². The van der Waals surface area contributed by atoms with Gasteiger partial charge in [-0.25, -0.2) is 0 Å². The van der Waals surface area contributed by atoms with E-state index in [9.17, 15) is 9.59 Å². The molecule has 0 aliphatic rings. The molecule has 0 saturated heterocycles. The quantitative estimate of drug-likeness (QED) is 0.267. The van der Waals surface area contributed by atoms with Gasteiger partial charge in [0.1, 0.15) is 19.8 Å². The molecule has 3 N–H and O–H groups in total. The van der Waals surface area contributed by atoms with Crippen LogP contribution in [0, 0.1) is 20.8 Å². The van der Waals surface area contributed by atoms with Gasteiger partial charge in [-0.15, -0.1) is 0 Å². The van der Waals surface area contributed by atoms with E-state index in [1.54, 1.807) is 19.1 Å². The van der Waals surface area contributed by atoms with Gasteiger partial charge in [-0.1, -0.05) is 0 Å². The topological polar surface area (TPSA) is 97.9 Å². The molecule has 0 heterocycles. The molecular weight excluding hydrogens is 458 g/mol. The molecule has 0 aromatic heterocycles. The maximum atomic E-state index is 11.8. The van der Waals surface area contributed by atoms with E-state index in [2.05, 4.69) is 22.9 Å². The molecule has 2 rings (SSSR count). The zero-order chi connectivity index (χ0) is 27.1. The SMILES string of the molecule is CC(=O)c1cc(C)c(C)c(C)c1.CNCCOc1cc(C(C)=O)cc(OCCNC)c1OCCNC. The van der Waals surface area contributed by atoms with Gasteiger partial charge in [0.15, 0.2) is 23.1 Å². The summed E-state index contributed by atoms with van der Waals surface area (Å²) in [6, 6.07) is 7.31. The van der Waals surface area contributed by atoms with Crippen LogP contribution in [0.2, 0.25) is 0 Å². The number of hydrogen-bond donors (Lipinski definition) is 3. The zero-order valence-corrected chi connectivity index (χ0v) is 23.1. The number of carbonyl (C=O) groups is 2. The fraction of sp³-hybridized carbons (Fsp3) is 0.500. The number of nitrogens with one attached hydrogen (secondary N) is 3. The Morgan fingerprint density at radius 1 is 0.639 bits per heavy atom. The molecule has 2 aromatic rings. The molecule has 200 valence electrons. The second kappa shape index (κ2) is 16.7. The first-order chi connectivity index (χ1) is 17.2. The number of benzene rings is 2. The van der Waals surface area contributed by atoms with Crippen LogP contribution in [0.3, 0.4) is 0 Å². The lowest BCUT2D eigenvalue weighted by molar-refractivity contribution is 0.100. The highest BCUT2D eigenvalue weighted by Crippen LogP contribution is 2.39. The molecular formula is C28H43N3O5. The summed E-state index contributed by atoms with van der Waals surface area (Å²) in [6.07, 6.45) is 0. The molecule has 2 aromatic carbocycles. The van der Waals surface area contributed by atoms with Crippen molar-refractivity contribution < 1.29 is 23.8 Å². The highest BCUT2D eigenvalue weighted by molar-refractivity contribution is 5.95. The van der Waals surface area contributed by atoms with E-state index in [1.807, 2.05) is 47.1 Å². The Kier molecular flexibility index (Phi) is 14.4. The third kappa shape index (κ3) is 10.4. The molecule has 0 saturated carbocycles. The van der Waals surface area contributed by atoms with E-state index < -0.39 is 0 Å². The Morgan fingerprint density at radius 3 is 1.36 bits per heavy atom. The first-order valence-corrected chi connectivity index (χ1v) is 12.3. The Morgan fingerprint density at radius 2 is 1.00 bits per heavy atom. The molecule has 0 fully saturated rings. The normalized spacial score (nSPS) is 10.3. The zero-order valence-electron chi connectivity index (χ0n) is 23.1. The number of carbonyl (C=O) groups excluding carboxylic acids is 2. The van der Waals surface area contributed by atoms with Crippen LogP contribution < -0.4 is 30.2 Å². The molecule has 0 aliphatic carbocycles. The minimum atomic E-state index is -0.0475. The summed E-state index contributed by atoms with van der Waals surface area (Å²) in [5.74, 6) is 1.67. The maximum Gasteiger partial charge on any atom is 0.203 e. The highest BCUT2D eigenvalue weighted by Gasteiger charge is 2.17. The second-order valence-electron chi connectivity index (χ2n) is 8.51. The van der Waals surface area contributed by atoms with Crippen LogP contribution in [-0.4, -0.2) is 72.2 Å². The Balaban J connectivity index is 0.000000450. The standard InChI is InChI=1S/C17H29N3O4.C11H14O/c1-13(21)14-11-15(22-8-5-18-2)17(24-10-7-20-4)16(12-14)23-9-6-19-3;1-7-5-11(10(4)12)6-8(2)9(7)3/h11-12,18-20H,5-10H2,1-4H3;5-6H,1-4H3. The summed E-state index contributed by atoms with van der Waals surface area (Å²) >= 11 is 0. The average Bonchev–Trinajstić information content (AvgIpc) is 2.84. The fourth-order valence-electron chi connectivity index (χ4n) is 3.16. The summed E-state index contributed by atoms with van der Waals surface area (Å²) in [5.41, 5.74) is 5.02. The minimum absolute atomic E-state index is 0.0475. The van der Waals surface area contributed by atoms with Crippen molar-refractivity contribution in [1.29, 1.82) is 0 Å². The first-order valence-electron chi connectivity index (χ1n) is 12.3. The molecule has 0 spiro atoms. The van der Waals surface area contributed by atoms with Crippen LogP contribution in [0.4, 0.5) is 0 Å². The second-order valence-corrected chi connectivity index (χ2v) is 8.51. The Hall–Kier alpha value is -2.94. The summed E-state index contributed by atoms with van der Waals surface area (Å²) in [7, 11) is 5.56. The predicted molar refractivity (Wildman–Crippen MR) is 145 cm³/mol. The number of ether oxygens (including phenoxy) is 3. The van der Waals surface area contributed by atoms with Crippen molar-refractivity contribution in [2.45, 2.75) is 34.6 Å². The van der Waals surface area contributed by atoms with Gasteiger partial charge in [-0.05, 0) is 96.7 Å². The summed E-state index contributed by atoms with van der Waals surface area (Å²) < 4.78 is 17.4. The van der Waals surface area contributed by atoms with Gasteiger partial charge in [-0.2, -0.15) is 0 Å². The van der Waals surface area contributed by atoms with E-state index in [-0.39, 0.29) is 11.6 Å². The molecule has 8 heteroatoms. The van der Waals surface area contributed by atoms with Crippen LogP contribution in [0.25, 0.3) is 0 Å². The molecule has 0 radical (unpaired) electrons. The van der Waals surface area contributed by atoms with Gasteiger partial charge in [0.25, 0.3) is 0 Å². The lowest BCUT2D eigenvalue weighted by Gasteiger charge is -2.18. The number of Topliss-reactive ketones (excluding diaryl/α,β-unsaturated/α-hetero) is 2. The van der Waals surface area contributed by atoms with Crippen molar-refractivity contribution in [2.24, 2.45) is 0 Å². The Bertz CT molecular complexity index is 937. The molecule has 0 atom stereocenters. The van der Waals surface area contributed by atoms with Crippen molar-refractivity contribution >= 4 is 11.6 Å². The van der Waals surface area contributed by atoms with Crippen LogP contribution in [0.1, 0.15) is 51.3 Å². The molecule has 8 nitrogen and oxygen atoms in total. The fourth-order valence-corrected chi connectivity index (χ4v) is 3.16. The first kappa shape index (κ1) is 31.1. The van der Waals surface area contributed by atoms with E-state index in [0.717, 1.165) is 5.56 Å². The molecule has 0 aliphatic heterocycles. The van der Waals surface area contributed by atoms with Crippen molar-refractivity contribution in [2.75, 3.05) is 60.6 Å². The van der Waals surface area contributed by atoms with E-state index in [0.29, 0.717) is 62.3 Å². The van der Waals surface area contributed by atoms with E-state index in [1.165, 1.54) is 23.6 Å². The number of rotatable bonds is 14. The van der Waals surface area contributed by atoms with Gasteiger partial charge in [0.2, 0.25) is 5.75 Å². The number of ketones is 2. The highest BCUT2D eigenvalue weighted by atomic mass is 16.5. The average molecular weight is 502 g/mol. The van der Waals surface area contributed by atoms with Crippen LogP contribution in [-0.2, 0) is 0 Å². The van der Waals surface area contributed by atoms with Crippen molar-refractivity contribution in [1.82, 2.24) is 16.0 Å². The van der Waals surface area contributed by atoms with Crippen molar-refractivity contribution in [3.8, 4) is 17.2 Å². The third-order valence-corrected chi connectivity index (χ3v) is 5.58. The largest absolute Gasteiger partial charge is 0.488 e. The van der Waals surface area contributed by atoms with E-state index in [4.69, 9.17) is 14.2 Å². The molecule has 0 unspecified atom stereocenters. The number of likely N-dealkylation sites (N-methyl/N-ethyl adjacent to an activating group) is 3. The molecule has 36 heavy (non-hydrogen) atoms. The summed E-state index contributed by atoms with van der Waals surface area (Å²) in [6.45, 7) is 12.8. The van der Waals surface area contributed by atoms with Crippen molar-refractivity contribution in [3.05, 3.63) is 52.1 Å². The lowest BCUT2D eigenvalue weighted by Crippen LogP contribution is -2.20. The van der Waals surface area contributed by atoms with Gasteiger partial charge in [0, 0.05) is 30.8 Å². The molecule has 0 amide bonds. The van der Waals surface area contributed by atoms with Gasteiger partial charge < -0.3 is 30.2 Å². The smallest absolute Gasteiger partial charge is 0.203 e. The van der Waals surface area contributed by atoms with Crippen LogP contribution in [0.5, 0.6) is 17.2 Å². The summed E-state index contributed by atoms with van der Waals surface area (Å²) in [5, 5.41) is 9.07.